The van der Waals surface area contributed by atoms with Crippen molar-refractivity contribution in [2.75, 3.05) is 26.2 Å². The molecule has 29 heavy (non-hydrogen) atoms. The van der Waals surface area contributed by atoms with Crippen LogP contribution in [-0.2, 0) is 16.1 Å². The molecular weight excluding hydrogens is 370 g/mol. The first-order valence-corrected chi connectivity index (χ1v) is 10.1. The molecule has 0 radical (unpaired) electrons. The summed E-state index contributed by atoms with van der Waals surface area (Å²) < 4.78 is 11.9. The van der Waals surface area contributed by atoms with Gasteiger partial charge in [-0.05, 0) is 55.3 Å². The summed E-state index contributed by atoms with van der Waals surface area (Å²) in [6, 6.07) is 11.3. The molecule has 2 aliphatic rings. The molecule has 0 saturated carbocycles. The monoisotopic (exact) mass is 397 g/mol. The molecule has 2 fully saturated rings. The van der Waals surface area contributed by atoms with Crippen LogP contribution < -0.4 is 10.1 Å². The van der Waals surface area contributed by atoms with Gasteiger partial charge in [-0.3, -0.25) is 14.7 Å². The molecule has 2 aliphatic heterocycles. The van der Waals surface area contributed by atoms with E-state index in [9.17, 15) is 9.90 Å². The first-order valence-electron chi connectivity index (χ1n) is 10.1. The van der Waals surface area contributed by atoms with Crippen molar-refractivity contribution in [2.24, 2.45) is 0 Å². The van der Waals surface area contributed by atoms with Crippen molar-refractivity contribution in [1.29, 1.82) is 0 Å². The molecule has 2 N–H and O–H groups in total. The van der Waals surface area contributed by atoms with Crippen LogP contribution in [0, 0.1) is 6.92 Å². The highest BCUT2D eigenvalue weighted by atomic mass is 16.5. The Hall–Kier alpha value is -2.48. The largest absolute Gasteiger partial charge is 0.487 e. The number of carbonyl (C=O) groups is 1. The highest BCUT2D eigenvalue weighted by molar-refractivity contribution is 5.75. The lowest BCUT2D eigenvalue weighted by Crippen LogP contribution is -2.52. The van der Waals surface area contributed by atoms with Gasteiger partial charge in [-0.25, -0.2) is 0 Å². The zero-order chi connectivity index (χ0) is 20.2. The van der Waals surface area contributed by atoms with Gasteiger partial charge < -0.3 is 19.9 Å². The minimum atomic E-state index is -0.777. The Morgan fingerprint density at radius 3 is 3.03 bits per heavy atom. The number of hydrogen-bond acceptors (Lipinski definition) is 6. The van der Waals surface area contributed by atoms with Gasteiger partial charge in [0.1, 0.15) is 18.4 Å². The summed E-state index contributed by atoms with van der Waals surface area (Å²) in [6.45, 7) is 5.29. The third-order valence-electron chi connectivity index (χ3n) is 5.72. The molecule has 2 saturated heterocycles. The first-order chi connectivity index (χ1) is 14.1. The summed E-state index contributed by atoms with van der Waals surface area (Å²) >= 11 is 0. The van der Waals surface area contributed by atoms with Crippen LogP contribution in [0.25, 0.3) is 0 Å². The quantitative estimate of drug-likeness (QED) is 0.773. The molecule has 0 bridgehead atoms. The number of nitrogens with one attached hydrogen (secondary N) is 1. The van der Waals surface area contributed by atoms with E-state index < -0.39 is 12.0 Å². The van der Waals surface area contributed by atoms with Crippen molar-refractivity contribution in [3.8, 4) is 5.75 Å². The van der Waals surface area contributed by atoms with Gasteiger partial charge in [0.25, 0.3) is 0 Å². The number of ether oxygens (including phenoxy) is 2. The fraction of sp³-hybridized carbons (Fsp3) is 0.455. The Labute approximate surface area is 170 Å². The fourth-order valence-corrected chi connectivity index (χ4v) is 4.23. The van der Waals surface area contributed by atoms with Crippen LogP contribution in [0.3, 0.4) is 0 Å². The molecule has 2 unspecified atom stereocenters. The maximum Gasteiger partial charge on any atom is 0.322 e. The predicted octanol–water partition coefficient (Wildman–Crippen LogP) is 2.16. The third-order valence-corrected chi connectivity index (χ3v) is 5.72. The second-order valence-corrected chi connectivity index (χ2v) is 7.61. The van der Waals surface area contributed by atoms with E-state index in [2.05, 4.69) is 28.2 Å². The highest BCUT2D eigenvalue weighted by Crippen LogP contribution is 2.30. The average Bonchev–Trinajstić information content (AvgIpc) is 3.24. The van der Waals surface area contributed by atoms with E-state index in [0.717, 1.165) is 42.1 Å². The van der Waals surface area contributed by atoms with Crippen molar-refractivity contribution in [1.82, 2.24) is 15.2 Å². The summed E-state index contributed by atoms with van der Waals surface area (Å²) in [5, 5.41) is 12.6. The van der Waals surface area contributed by atoms with E-state index in [4.69, 9.17) is 9.47 Å². The van der Waals surface area contributed by atoms with E-state index in [0.29, 0.717) is 19.8 Å². The molecule has 3 heterocycles. The number of nitrogens with zero attached hydrogens (tertiary/aromatic N) is 2. The number of aromatic nitrogens is 1. The lowest BCUT2D eigenvalue weighted by molar-refractivity contribution is -0.141. The molecule has 154 valence electrons. The van der Waals surface area contributed by atoms with E-state index in [1.807, 2.05) is 30.3 Å². The zero-order valence-electron chi connectivity index (χ0n) is 16.6. The van der Waals surface area contributed by atoms with Crippen LogP contribution in [-0.4, -0.2) is 59.3 Å². The predicted molar refractivity (Wildman–Crippen MR) is 108 cm³/mol. The summed E-state index contributed by atoms with van der Waals surface area (Å²) in [5.41, 5.74) is 3.12. The van der Waals surface area contributed by atoms with Gasteiger partial charge >= 0.3 is 5.97 Å². The Morgan fingerprint density at radius 1 is 1.38 bits per heavy atom. The van der Waals surface area contributed by atoms with Gasteiger partial charge in [-0.2, -0.15) is 0 Å². The maximum absolute atomic E-state index is 11.5. The van der Waals surface area contributed by atoms with Crippen molar-refractivity contribution in [2.45, 2.75) is 38.1 Å². The van der Waals surface area contributed by atoms with Gasteiger partial charge in [0.05, 0.1) is 18.4 Å². The molecule has 1 aromatic carbocycles. The van der Waals surface area contributed by atoms with Crippen molar-refractivity contribution < 1.29 is 19.4 Å². The Kier molecular flexibility index (Phi) is 6.08. The van der Waals surface area contributed by atoms with Crippen LogP contribution in [0.15, 0.2) is 42.6 Å². The third kappa shape index (κ3) is 4.58. The number of benzene rings is 1. The molecule has 0 amide bonds. The van der Waals surface area contributed by atoms with Gasteiger partial charge in [0, 0.05) is 25.3 Å². The Balaban J connectivity index is 1.42. The summed E-state index contributed by atoms with van der Waals surface area (Å²) in [7, 11) is 0. The molecule has 0 spiro atoms. The molecule has 7 heteroatoms. The maximum atomic E-state index is 11.5. The van der Waals surface area contributed by atoms with Crippen LogP contribution >= 0.6 is 0 Å². The van der Waals surface area contributed by atoms with Crippen LogP contribution in [0.2, 0.25) is 0 Å². The lowest BCUT2D eigenvalue weighted by Gasteiger charge is -2.38. The number of pyridine rings is 1. The van der Waals surface area contributed by atoms with Crippen LogP contribution in [0.4, 0.5) is 0 Å². The molecular formula is C22H27N3O4. The average molecular weight is 397 g/mol. The molecule has 0 aliphatic carbocycles. The summed E-state index contributed by atoms with van der Waals surface area (Å²) in [5.74, 6) is 0.0247. The van der Waals surface area contributed by atoms with Gasteiger partial charge in [0.2, 0.25) is 0 Å². The number of aliphatic carboxylic acids is 1. The highest BCUT2D eigenvalue weighted by Gasteiger charge is 2.39. The van der Waals surface area contributed by atoms with Crippen LogP contribution in [0.1, 0.15) is 29.3 Å². The standard InChI is InChI=1S/C22H27N3O4/c1-15-12-17(29-14-16-4-2-3-8-23-16)5-6-18(15)20-13-25(10-11-28-20)19-7-9-24-21(19)22(26)27/h2-6,8,12,19-21,24H,7,9-11,13-14H2,1H3,(H,26,27)/t19?,20?,21-/m0/s1. The van der Waals surface area contributed by atoms with Gasteiger partial charge in [-0.15, -0.1) is 0 Å². The topological polar surface area (TPSA) is 83.9 Å². The summed E-state index contributed by atoms with van der Waals surface area (Å²) in [6.07, 6.45) is 2.54. The molecule has 7 nitrogen and oxygen atoms in total. The smallest absolute Gasteiger partial charge is 0.322 e. The number of rotatable bonds is 6. The second-order valence-electron chi connectivity index (χ2n) is 7.61. The normalized spacial score (nSPS) is 25.1. The number of hydrogen-bond donors (Lipinski definition) is 2. The van der Waals surface area contributed by atoms with Crippen LogP contribution in [0.5, 0.6) is 5.75 Å². The number of carboxylic acids is 1. The minimum Gasteiger partial charge on any atom is -0.487 e. The second kappa shape index (κ2) is 8.90. The summed E-state index contributed by atoms with van der Waals surface area (Å²) in [4.78, 5) is 18.1. The Morgan fingerprint density at radius 2 is 2.28 bits per heavy atom. The van der Waals surface area contributed by atoms with Crippen molar-refractivity contribution in [3.63, 3.8) is 0 Å². The lowest BCUT2D eigenvalue weighted by atomic mass is 9.99. The molecule has 2 aromatic rings. The van der Waals surface area contributed by atoms with E-state index in [1.165, 1.54) is 0 Å². The van der Waals surface area contributed by atoms with Gasteiger partial charge in [0.15, 0.2) is 0 Å². The SMILES string of the molecule is Cc1cc(OCc2ccccn2)ccc1C1CN(C2CCN[C@@H]2C(=O)O)CCO1. The first kappa shape index (κ1) is 19.8. The number of aryl methyl sites for hydroxylation is 1. The van der Waals surface area contributed by atoms with E-state index in [-0.39, 0.29) is 12.1 Å². The fourth-order valence-electron chi connectivity index (χ4n) is 4.23. The van der Waals surface area contributed by atoms with Gasteiger partial charge in [-0.1, -0.05) is 12.1 Å². The number of morpholine rings is 1. The van der Waals surface area contributed by atoms with Crippen molar-refractivity contribution >= 4 is 5.97 Å². The zero-order valence-corrected chi connectivity index (χ0v) is 16.6. The van der Waals surface area contributed by atoms with E-state index in [1.54, 1.807) is 6.20 Å². The molecule has 4 rings (SSSR count). The van der Waals surface area contributed by atoms with Crippen molar-refractivity contribution in [3.05, 3.63) is 59.4 Å². The van der Waals surface area contributed by atoms with E-state index >= 15 is 0 Å². The number of carboxylic acid groups (broad SMARTS) is 1. The Bertz CT molecular complexity index is 845. The minimum absolute atomic E-state index is 0.0141. The molecule has 1 aromatic heterocycles. The molecule has 3 atom stereocenters.